The molecule has 1 spiro atoms. The van der Waals surface area contributed by atoms with Crippen molar-refractivity contribution in [3.8, 4) is 6.07 Å². The van der Waals surface area contributed by atoms with Gasteiger partial charge in [0.2, 0.25) is 5.91 Å². The summed E-state index contributed by atoms with van der Waals surface area (Å²) in [5, 5.41) is 9.07. The minimum atomic E-state index is -4.69. The van der Waals surface area contributed by atoms with Crippen molar-refractivity contribution in [3.63, 3.8) is 0 Å². The molecule has 0 aliphatic carbocycles. The van der Waals surface area contributed by atoms with Gasteiger partial charge in [0.1, 0.15) is 6.04 Å². The molecule has 1 unspecified atom stereocenters. The fourth-order valence-electron chi connectivity index (χ4n) is 5.05. The van der Waals surface area contributed by atoms with E-state index in [2.05, 4.69) is 0 Å². The molecule has 2 aromatic rings. The molecule has 0 aromatic heterocycles. The average molecular weight is 470 g/mol. The summed E-state index contributed by atoms with van der Waals surface area (Å²) in [7, 11) is 0. The third-order valence-corrected chi connectivity index (χ3v) is 7.01. The number of benzene rings is 2. The Kier molecular flexibility index (Phi) is 6.02. The first-order chi connectivity index (χ1) is 16.0. The molecule has 0 radical (unpaired) electrons. The Bertz CT molecular complexity index is 1150. The van der Waals surface area contributed by atoms with E-state index in [9.17, 15) is 22.8 Å². The Hall–Kier alpha value is -3.54. The number of nitrogens with zero attached hydrogens (tertiary/aromatic N) is 3. The predicted molar refractivity (Wildman–Crippen MR) is 120 cm³/mol. The predicted octanol–water partition coefficient (Wildman–Crippen LogP) is 3.87. The van der Waals surface area contributed by atoms with Gasteiger partial charge in [0, 0.05) is 30.9 Å². The molecule has 9 heteroatoms. The highest BCUT2D eigenvalue weighted by Gasteiger charge is 2.48. The summed E-state index contributed by atoms with van der Waals surface area (Å²) in [6.45, 7) is 3.29. The van der Waals surface area contributed by atoms with Crippen molar-refractivity contribution >= 4 is 17.5 Å². The van der Waals surface area contributed by atoms with Crippen LogP contribution in [-0.4, -0.2) is 42.4 Å². The number of aryl methyl sites for hydroxylation is 1. The zero-order chi connectivity index (χ0) is 24.7. The van der Waals surface area contributed by atoms with Gasteiger partial charge in [-0.3, -0.25) is 9.59 Å². The molecule has 6 nitrogen and oxygen atoms in total. The highest BCUT2D eigenvalue weighted by atomic mass is 19.4. The van der Waals surface area contributed by atoms with Crippen LogP contribution in [0.2, 0.25) is 0 Å². The number of carbonyl (C=O) groups is 2. The number of nitrogens with two attached hydrogens (primary N) is 1. The monoisotopic (exact) mass is 470 g/mol. The second-order valence-electron chi connectivity index (χ2n) is 9.25. The van der Waals surface area contributed by atoms with E-state index in [0.717, 1.165) is 17.7 Å². The van der Waals surface area contributed by atoms with Gasteiger partial charge in [-0.15, -0.1) is 0 Å². The third kappa shape index (κ3) is 4.45. The number of carbonyl (C=O) groups excluding carboxylic acids is 2. The number of alkyl halides is 3. The van der Waals surface area contributed by atoms with Gasteiger partial charge >= 0.3 is 6.18 Å². The number of piperidine rings is 1. The number of rotatable bonds is 3. The van der Waals surface area contributed by atoms with Crippen molar-refractivity contribution < 1.29 is 22.8 Å². The van der Waals surface area contributed by atoms with Gasteiger partial charge in [0.25, 0.3) is 5.91 Å². The molecule has 2 heterocycles. The van der Waals surface area contributed by atoms with Crippen molar-refractivity contribution in [2.24, 2.45) is 11.1 Å². The van der Waals surface area contributed by atoms with Gasteiger partial charge in [0.15, 0.2) is 0 Å². The van der Waals surface area contributed by atoms with Crippen LogP contribution in [0.4, 0.5) is 18.9 Å². The van der Waals surface area contributed by atoms with Crippen LogP contribution in [0.1, 0.15) is 46.3 Å². The molecule has 0 bridgehead atoms. The van der Waals surface area contributed by atoms with Gasteiger partial charge in [-0.05, 0) is 61.9 Å². The van der Waals surface area contributed by atoms with E-state index >= 15 is 0 Å². The van der Waals surface area contributed by atoms with E-state index in [1.165, 1.54) is 6.07 Å². The second-order valence-corrected chi connectivity index (χ2v) is 9.25. The van der Waals surface area contributed by atoms with Crippen LogP contribution in [0.25, 0.3) is 0 Å². The van der Waals surface area contributed by atoms with Crippen molar-refractivity contribution in [3.05, 3.63) is 64.7 Å². The minimum Gasteiger partial charge on any atom is -0.368 e. The summed E-state index contributed by atoms with van der Waals surface area (Å²) in [6, 6.07) is 11.7. The van der Waals surface area contributed by atoms with Gasteiger partial charge in [-0.1, -0.05) is 17.7 Å². The van der Waals surface area contributed by atoms with Gasteiger partial charge in [-0.25, -0.2) is 0 Å². The molecular formula is C25H25F3N4O2. The Morgan fingerprint density at radius 2 is 1.76 bits per heavy atom. The summed E-state index contributed by atoms with van der Waals surface area (Å²) in [5.74, 6) is -0.661. The summed E-state index contributed by atoms with van der Waals surface area (Å²) < 4.78 is 40.5. The van der Waals surface area contributed by atoms with Crippen LogP contribution >= 0.6 is 0 Å². The molecule has 4 rings (SSSR count). The smallest absolute Gasteiger partial charge is 0.368 e. The Labute approximate surface area is 195 Å². The molecule has 2 saturated heterocycles. The fourth-order valence-corrected chi connectivity index (χ4v) is 5.05. The molecule has 2 amide bonds. The average Bonchev–Trinajstić information content (AvgIpc) is 3.18. The molecule has 0 saturated carbocycles. The SMILES string of the molecule is Cc1ccc(C(=O)N2CCC3(CC2)CC(C(N)=O)N(c2ccc(C#N)c(C(F)(F)F)c2)C3)cc1. The number of amides is 2. The number of anilines is 1. The number of likely N-dealkylation sites (tertiary alicyclic amines) is 1. The normalized spacial score (nSPS) is 19.8. The largest absolute Gasteiger partial charge is 0.417 e. The van der Waals surface area contributed by atoms with Crippen molar-refractivity contribution in [1.29, 1.82) is 5.26 Å². The summed E-state index contributed by atoms with van der Waals surface area (Å²) in [5.41, 5.74) is 5.69. The Morgan fingerprint density at radius 3 is 2.32 bits per heavy atom. The highest BCUT2D eigenvalue weighted by Crippen LogP contribution is 2.46. The molecule has 2 aromatic carbocycles. The Balaban J connectivity index is 1.54. The van der Waals surface area contributed by atoms with E-state index in [-0.39, 0.29) is 17.0 Å². The van der Waals surface area contributed by atoms with E-state index in [0.29, 0.717) is 44.5 Å². The van der Waals surface area contributed by atoms with Gasteiger partial charge in [0.05, 0.1) is 17.2 Å². The van der Waals surface area contributed by atoms with E-state index < -0.39 is 29.3 Å². The zero-order valence-electron chi connectivity index (χ0n) is 18.7. The first-order valence-electron chi connectivity index (χ1n) is 11.1. The van der Waals surface area contributed by atoms with Crippen molar-refractivity contribution in [1.82, 2.24) is 4.90 Å². The topological polar surface area (TPSA) is 90.4 Å². The van der Waals surface area contributed by atoms with Crippen LogP contribution in [0.3, 0.4) is 0 Å². The van der Waals surface area contributed by atoms with Crippen LogP contribution in [-0.2, 0) is 11.0 Å². The lowest BCUT2D eigenvalue weighted by atomic mass is 9.76. The van der Waals surface area contributed by atoms with Crippen LogP contribution < -0.4 is 10.6 Å². The maximum absolute atomic E-state index is 13.5. The number of hydrogen-bond acceptors (Lipinski definition) is 4. The third-order valence-electron chi connectivity index (χ3n) is 7.01. The minimum absolute atomic E-state index is 0.0573. The number of primary amides is 1. The van der Waals surface area contributed by atoms with E-state index in [1.54, 1.807) is 28.0 Å². The molecule has 178 valence electrons. The number of halogens is 3. The molecular weight excluding hydrogens is 445 g/mol. The first kappa shape index (κ1) is 23.6. The van der Waals surface area contributed by atoms with E-state index in [4.69, 9.17) is 11.0 Å². The molecule has 2 N–H and O–H groups in total. The summed E-state index contributed by atoms with van der Waals surface area (Å²) in [6.07, 6.45) is -3.04. The summed E-state index contributed by atoms with van der Waals surface area (Å²) >= 11 is 0. The lowest BCUT2D eigenvalue weighted by Gasteiger charge is -2.39. The van der Waals surface area contributed by atoms with Crippen molar-refractivity contribution in [2.75, 3.05) is 24.5 Å². The Morgan fingerprint density at radius 1 is 1.12 bits per heavy atom. The lowest BCUT2D eigenvalue weighted by molar-refractivity contribution is -0.137. The molecule has 1 atom stereocenters. The zero-order valence-corrected chi connectivity index (χ0v) is 18.7. The molecule has 34 heavy (non-hydrogen) atoms. The van der Waals surface area contributed by atoms with Gasteiger partial charge < -0.3 is 15.5 Å². The number of nitriles is 1. The van der Waals surface area contributed by atoms with Crippen LogP contribution in [0, 0.1) is 23.7 Å². The first-order valence-corrected chi connectivity index (χ1v) is 11.1. The maximum Gasteiger partial charge on any atom is 0.417 e. The number of hydrogen-bond donors (Lipinski definition) is 1. The van der Waals surface area contributed by atoms with Gasteiger partial charge in [-0.2, -0.15) is 18.4 Å². The molecule has 2 aliphatic rings. The van der Waals surface area contributed by atoms with Crippen LogP contribution in [0.15, 0.2) is 42.5 Å². The lowest BCUT2D eigenvalue weighted by Crippen LogP contribution is -2.44. The van der Waals surface area contributed by atoms with Crippen molar-refractivity contribution in [2.45, 2.75) is 38.4 Å². The summed E-state index contributed by atoms with van der Waals surface area (Å²) in [4.78, 5) is 28.5. The highest BCUT2D eigenvalue weighted by molar-refractivity contribution is 5.94. The van der Waals surface area contributed by atoms with Crippen LogP contribution in [0.5, 0.6) is 0 Å². The standard InChI is InChI=1S/C25H25F3N4O2/c1-16-2-4-17(5-3-16)23(34)31-10-8-24(9-11-31)13-21(22(30)33)32(15-24)19-7-6-18(14-29)20(12-19)25(26,27)28/h2-7,12,21H,8-11,13,15H2,1H3,(H2,30,33). The molecule has 2 aliphatic heterocycles. The maximum atomic E-state index is 13.5. The van der Waals surface area contributed by atoms with E-state index in [1.807, 2.05) is 19.1 Å². The quantitative estimate of drug-likeness (QED) is 0.737. The molecule has 2 fully saturated rings. The fraction of sp³-hybridized carbons (Fsp3) is 0.400. The second kappa shape index (κ2) is 8.67.